The zero-order valence-electron chi connectivity index (χ0n) is 10.8. The molecule has 1 aromatic heterocycles. The maximum Gasteiger partial charge on any atom is 0.253 e. The summed E-state index contributed by atoms with van der Waals surface area (Å²) in [5.74, 6) is 0.460. The summed E-state index contributed by atoms with van der Waals surface area (Å²) in [6, 6.07) is 8.96. The summed E-state index contributed by atoms with van der Waals surface area (Å²) in [5.41, 5.74) is 6.73. The van der Waals surface area contributed by atoms with Crippen molar-refractivity contribution in [2.45, 2.75) is 13.0 Å². The zero-order chi connectivity index (χ0) is 13.8. The van der Waals surface area contributed by atoms with Crippen LogP contribution in [0.1, 0.15) is 28.2 Å². The van der Waals surface area contributed by atoms with Crippen LogP contribution in [-0.4, -0.2) is 13.0 Å². The lowest BCUT2D eigenvalue weighted by molar-refractivity contribution is 0.0941. The molecule has 1 amide bonds. The van der Waals surface area contributed by atoms with Crippen LogP contribution < -0.4 is 15.8 Å². The predicted molar refractivity (Wildman–Crippen MR) is 77.6 cm³/mol. The molecule has 0 aliphatic heterocycles. The van der Waals surface area contributed by atoms with Gasteiger partial charge in [-0.15, -0.1) is 11.3 Å². The lowest BCUT2D eigenvalue weighted by Crippen LogP contribution is -2.26. The Morgan fingerprint density at radius 2 is 2.21 bits per heavy atom. The van der Waals surface area contributed by atoms with Crippen LogP contribution in [0.25, 0.3) is 0 Å². The number of thiophene rings is 1. The van der Waals surface area contributed by atoms with Gasteiger partial charge in [-0.3, -0.25) is 4.79 Å². The first kappa shape index (κ1) is 13.4. The molecule has 3 N–H and O–H groups in total. The van der Waals surface area contributed by atoms with E-state index in [1.165, 1.54) is 0 Å². The van der Waals surface area contributed by atoms with Crippen LogP contribution in [0.3, 0.4) is 0 Å². The van der Waals surface area contributed by atoms with Gasteiger partial charge in [0.05, 0.1) is 18.7 Å². The van der Waals surface area contributed by atoms with Crippen molar-refractivity contribution in [2.24, 2.45) is 0 Å². The maximum atomic E-state index is 12.1. The topological polar surface area (TPSA) is 64.3 Å². The fourth-order valence-electron chi connectivity index (χ4n) is 1.76. The number of carbonyl (C=O) groups excluding carboxylic acids is 1. The van der Waals surface area contributed by atoms with E-state index >= 15 is 0 Å². The van der Waals surface area contributed by atoms with E-state index in [0.717, 1.165) is 4.88 Å². The number of benzene rings is 1. The van der Waals surface area contributed by atoms with Crippen LogP contribution in [0.5, 0.6) is 5.75 Å². The maximum absolute atomic E-state index is 12.1. The van der Waals surface area contributed by atoms with Crippen LogP contribution in [-0.2, 0) is 0 Å². The Morgan fingerprint density at radius 1 is 1.42 bits per heavy atom. The van der Waals surface area contributed by atoms with E-state index in [9.17, 15) is 4.79 Å². The molecule has 0 aliphatic carbocycles. The van der Waals surface area contributed by atoms with Crippen LogP contribution in [0.4, 0.5) is 5.69 Å². The average Bonchev–Trinajstić information content (AvgIpc) is 2.92. The van der Waals surface area contributed by atoms with Crippen molar-refractivity contribution in [2.75, 3.05) is 12.8 Å². The molecule has 0 bridgehead atoms. The van der Waals surface area contributed by atoms with Crippen molar-refractivity contribution < 1.29 is 9.53 Å². The molecule has 4 nitrogen and oxygen atoms in total. The summed E-state index contributed by atoms with van der Waals surface area (Å²) in [6.07, 6.45) is 0. The van der Waals surface area contributed by atoms with Crippen LogP contribution in [0.15, 0.2) is 35.7 Å². The van der Waals surface area contributed by atoms with E-state index in [-0.39, 0.29) is 11.9 Å². The second-order valence-corrected chi connectivity index (χ2v) is 5.14. The standard InChI is InChI=1S/C14H16N2O2S/c1-9(13-4-3-7-19-13)16-14(17)11-6-5-10(18-2)8-12(11)15/h3-9H,15H2,1-2H3,(H,16,17)/t9-/m1/s1. The summed E-state index contributed by atoms with van der Waals surface area (Å²) in [5, 5.41) is 4.91. The van der Waals surface area contributed by atoms with Gasteiger partial charge < -0.3 is 15.8 Å². The second-order valence-electron chi connectivity index (χ2n) is 4.16. The first-order valence-electron chi connectivity index (χ1n) is 5.89. The third-order valence-corrected chi connectivity index (χ3v) is 3.88. The van der Waals surface area contributed by atoms with Gasteiger partial charge >= 0.3 is 0 Å². The van der Waals surface area contributed by atoms with E-state index in [0.29, 0.717) is 17.0 Å². The molecule has 1 aromatic carbocycles. The highest BCUT2D eigenvalue weighted by Crippen LogP contribution is 2.22. The number of methoxy groups -OCH3 is 1. The van der Waals surface area contributed by atoms with Crippen molar-refractivity contribution in [3.05, 3.63) is 46.2 Å². The quantitative estimate of drug-likeness (QED) is 0.844. The minimum absolute atomic E-state index is 0.0333. The van der Waals surface area contributed by atoms with Gasteiger partial charge in [-0.25, -0.2) is 0 Å². The second kappa shape index (κ2) is 5.75. The molecule has 0 spiro atoms. The number of carbonyl (C=O) groups is 1. The average molecular weight is 276 g/mol. The molecule has 2 aromatic rings. The van der Waals surface area contributed by atoms with Crippen LogP contribution >= 0.6 is 11.3 Å². The van der Waals surface area contributed by atoms with Crippen molar-refractivity contribution in [1.29, 1.82) is 0 Å². The molecule has 0 saturated heterocycles. The smallest absolute Gasteiger partial charge is 0.253 e. The van der Waals surface area contributed by atoms with E-state index < -0.39 is 0 Å². The molecule has 1 heterocycles. The Kier molecular flexibility index (Phi) is 4.06. The molecule has 5 heteroatoms. The molecule has 0 saturated carbocycles. The molecular formula is C14H16N2O2S. The fraction of sp³-hybridized carbons (Fsp3) is 0.214. The lowest BCUT2D eigenvalue weighted by atomic mass is 10.1. The Bertz CT molecular complexity index is 567. The largest absolute Gasteiger partial charge is 0.497 e. The molecule has 2 rings (SSSR count). The number of anilines is 1. The van der Waals surface area contributed by atoms with Crippen LogP contribution in [0, 0.1) is 0 Å². The summed E-state index contributed by atoms with van der Waals surface area (Å²) in [4.78, 5) is 13.3. The number of rotatable bonds is 4. The van der Waals surface area contributed by atoms with Crippen molar-refractivity contribution in [1.82, 2.24) is 5.32 Å². The molecule has 1 atom stereocenters. The molecule has 100 valence electrons. The van der Waals surface area contributed by atoms with E-state index in [4.69, 9.17) is 10.5 Å². The first-order valence-corrected chi connectivity index (χ1v) is 6.77. The summed E-state index contributed by atoms with van der Waals surface area (Å²) in [7, 11) is 1.56. The number of amides is 1. The Balaban J connectivity index is 2.12. The number of nitrogens with one attached hydrogen (secondary N) is 1. The summed E-state index contributed by atoms with van der Waals surface area (Å²) >= 11 is 1.61. The van der Waals surface area contributed by atoms with Gasteiger partial charge in [0.25, 0.3) is 5.91 Å². The van der Waals surface area contributed by atoms with Crippen molar-refractivity contribution in [3.63, 3.8) is 0 Å². The Labute approximate surface area is 116 Å². The SMILES string of the molecule is COc1ccc(C(=O)N[C@H](C)c2cccs2)c(N)c1. The highest BCUT2D eigenvalue weighted by atomic mass is 32.1. The fourth-order valence-corrected chi connectivity index (χ4v) is 2.49. The normalized spacial score (nSPS) is 11.9. The number of ether oxygens (including phenoxy) is 1. The van der Waals surface area contributed by atoms with Crippen molar-refractivity contribution in [3.8, 4) is 5.75 Å². The Hall–Kier alpha value is -2.01. The third kappa shape index (κ3) is 3.06. The van der Waals surface area contributed by atoms with E-state index in [2.05, 4.69) is 5.32 Å². The lowest BCUT2D eigenvalue weighted by Gasteiger charge is -2.13. The molecule has 0 radical (unpaired) electrons. The predicted octanol–water partition coefficient (Wildman–Crippen LogP) is 2.83. The third-order valence-electron chi connectivity index (χ3n) is 2.82. The molecule has 0 unspecified atom stereocenters. The van der Waals surface area contributed by atoms with Crippen LogP contribution in [0.2, 0.25) is 0 Å². The number of hydrogen-bond donors (Lipinski definition) is 2. The number of hydrogen-bond acceptors (Lipinski definition) is 4. The van der Waals surface area contributed by atoms with E-state index in [1.807, 2.05) is 24.4 Å². The Morgan fingerprint density at radius 3 is 2.79 bits per heavy atom. The monoisotopic (exact) mass is 276 g/mol. The summed E-state index contributed by atoms with van der Waals surface area (Å²) in [6.45, 7) is 1.95. The van der Waals surface area contributed by atoms with Gasteiger partial charge in [0.15, 0.2) is 0 Å². The molecular weight excluding hydrogens is 260 g/mol. The van der Waals surface area contributed by atoms with Gasteiger partial charge in [-0.2, -0.15) is 0 Å². The minimum Gasteiger partial charge on any atom is -0.497 e. The van der Waals surface area contributed by atoms with E-state index in [1.54, 1.807) is 36.6 Å². The minimum atomic E-state index is -0.180. The van der Waals surface area contributed by atoms with Crippen molar-refractivity contribution >= 4 is 22.9 Å². The first-order chi connectivity index (χ1) is 9.11. The summed E-state index contributed by atoms with van der Waals surface area (Å²) < 4.78 is 5.06. The molecule has 0 fully saturated rings. The highest BCUT2D eigenvalue weighted by molar-refractivity contribution is 7.10. The van der Waals surface area contributed by atoms with Gasteiger partial charge in [-0.05, 0) is 30.5 Å². The number of nitrogen functional groups attached to an aromatic ring is 1. The zero-order valence-corrected chi connectivity index (χ0v) is 11.7. The van der Waals surface area contributed by atoms with Gasteiger partial charge in [0.1, 0.15) is 5.75 Å². The molecule has 0 aliphatic rings. The molecule has 19 heavy (non-hydrogen) atoms. The van der Waals surface area contributed by atoms with Gasteiger partial charge in [0, 0.05) is 16.6 Å². The van der Waals surface area contributed by atoms with Gasteiger partial charge in [0.2, 0.25) is 0 Å². The highest BCUT2D eigenvalue weighted by Gasteiger charge is 2.14. The number of nitrogens with two attached hydrogens (primary N) is 1. The van der Waals surface area contributed by atoms with Gasteiger partial charge in [-0.1, -0.05) is 6.07 Å².